The number of amides is 1. The summed E-state index contributed by atoms with van der Waals surface area (Å²) in [6.07, 6.45) is 2.40. The van der Waals surface area contributed by atoms with Gasteiger partial charge in [0, 0.05) is 38.3 Å². The fourth-order valence-corrected chi connectivity index (χ4v) is 3.42. The van der Waals surface area contributed by atoms with Crippen LogP contribution in [0.4, 0.5) is 5.69 Å². The Bertz CT molecular complexity index is 791. The maximum absolute atomic E-state index is 12.7. The number of nitro groups is 1. The van der Waals surface area contributed by atoms with E-state index in [0.717, 1.165) is 31.3 Å². The van der Waals surface area contributed by atoms with E-state index in [1.54, 1.807) is 28.6 Å². The van der Waals surface area contributed by atoms with E-state index in [2.05, 4.69) is 15.5 Å². The summed E-state index contributed by atoms with van der Waals surface area (Å²) < 4.78 is 1.68. The number of hydrogen-bond acceptors (Lipinski definition) is 7. The van der Waals surface area contributed by atoms with Gasteiger partial charge in [-0.25, -0.2) is 0 Å². The maximum Gasteiger partial charge on any atom is 0.284 e. The molecule has 1 amide bonds. The van der Waals surface area contributed by atoms with Crippen LogP contribution in [-0.2, 0) is 7.05 Å². The topological polar surface area (TPSA) is 106 Å². The van der Waals surface area contributed by atoms with Gasteiger partial charge in [0.05, 0.1) is 9.82 Å². The quantitative estimate of drug-likeness (QED) is 0.617. The van der Waals surface area contributed by atoms with E-state index >= 15 is 0 Å². The number of benzene rings is 1. The Labute approximate surface area is 160 Å². The normalized spacial score (nSPS) is 14.4. The molecule has 2 heterocycles. The molecule has 11 heteroatoms. The number of aromatic nitrogens is 3. The second-order valence-corrected chi connectivity index (χ2v) is 6.67. The highest BCUT2D eigenvalue weighted by Crippen LogP contribution is 2.34. The minimum atomic E-state index is -0.473. The van der Waals surface area contributed by atoms with E-state index in [-0.39, 0.29) is 24.0 Å². The lowest BCUT2D eigenvalue weighted by Crippen LogP contribution is -2.34. The molecule has 140 valence electrons. The molecule has 3 rings (SSSR count). The molecule has 0 saturated carbocycles. The van der Waals surface area contributed by atoms with E-state index in [9.17, 15) is 14.9 Å². The van der Waals surface area contributed by atoms with Crippen LogP contribution in [0.25, 0.3) is 0 Å². The van der Waals surface area contributed by atoms with Crippen LogP contribution in [0.5, 0.6) is 0 Å². The summed E-state index contributed by atoms with van der Waals surface area (Å²) in [5.41, 5.74) is 0.225. The van der Waals surface area contributed by atoms with Gasteiger partial charge >= 0.3 is 0 Å². The van der Waals surface area contributed by atoms with Gasteiger partial charge in [-0.15, -0.1) is 22.6 Å². The predicted molar refractivity (Wildman–Crippen MR) is 98.9 cm³/mol. The third-order valence-corrected chi connectivity index (χ3v) is 5.02. The molecular formula is C15H19ClN6O3S. The van der Waals surface area contributed by atoms with Gasteiger partial charge in [0.25, 0.3) is 11.6 Å². The van der Waals surface area contributed by atoms with Gasteiger partial charge in [0.15, 0.2) is 5.16 Å². The second kappa shape index (κ2) is 8.97. The highest BCUT2D eigenvalue weighted by molar-refractivity contribution is 7.99. The number of nitrogens with one attached hydrogen (secondary N) is 1. The van der Waals surface area contributed by atoms with Gasteiger partial charge in [0.1, 0.15) is 6.33 Å². The van der Waals surface area contributed by atoms with E-state index in [0.29, 0.717) is 28.7 Å². The smallest absolute Gasteiger partial charge is 0.284 e. The molecule has 1 saturated heterocycles. The summed E-state index contributed by atoms with van der Waals surface area (Å²) in [5.74, 6) is -0.179. The predicted octanol–water partition coefficient (Wildman–Crippen LogP) is 1.73. The second-order valence-electron chi connectivity index (χ2n) is 5.66. The number of carbonyl (C=O) groups is 1. The number of nitro benzene ring substituents is 1. The molecule has 0 aliphatic carbocycles. The first-order chi connectivity index (χ1) is 12.1. The lowest BCUT2D eigenvalue weighted by molar-refractivity contribution is -0.387. The van der Waals surface area contributed by atoms with E-state index < -0.39 is 4.92 Å². The van der Waals surface area contributed by atoms with Crippen LogP contribution in [-0.4, -0.2) is 56.7 Å². The fourth-order valence-electron chi connectivity index (χ4n) is 2.57. The first-order valence-corrected chi connectivity index (χ1v) is 8.68. The Morgan fingerprint density at radius 1 is 1.35 bits per heavy atom. The van der Waals surface area contributed by atoms with Crippen LogP contribution >= 0.6 is 24.2 Å². The van der Waals surface area contributed by atoms with Crippen molar-refractivity contribution in [3.63, 3.8) is 0 Å². The molecule has 0 spiro atoms. The zero-order valence-corrected chi connectivity index (χ0v) is 15.8. The van der Waals surface area contributed by atoms with Crippen LogP contribution < -0.4 is 5.32 Å². The van der Waals surface area contributed by atoms with Crippen molar-refractivity contribution in [3.05, 3.63) is 40.2 Å². The molecule has 1 aromatic heterocycles. The SMILES string of the molecule is Cl.Cn1cnnc1Sc1ccc(C(=O)N2CCCNCC2)cc1[N+](=O)[O-]. The molecule has 0 unspecified atom stereocenters. The first-order valence-electron chi connectivity index (χ1n) is 7.86. The van der Waals surface area contributed by atoms with Crippen LogP contribution in [0.15, 0.2) is 34.6 Å². The van der Waals surface area contributed by atoms with Gasteiger partial charge in [-0.05, 0) is 36.9 Å². The summed E-state index contributed by atoms with van der Waals surface area (Å²) in [5, 5.41) is 22.9. The molecule has 1 fully saturated rings. The van der Waals surface area contributed by atoms with E-state index in [1.165, 1.54) is 12.4 Å². The third kappa shape index (κ3) is 4.51. The van der Waals surface area contributed by atoms with Crippen molar-refractivity contribution in [2.24, 2.45) is 7.05 Å². The molecule has 9 nitrogen and oxygen atoms in total. The standard InChI is InChI=1S/C15H18N6O3S.ClH/c1-19-10-17-18-15(19)25-13-4-3-11(9-12(13)21(23)24)14(22)20-7-2-5-16-6-8-20;/h3-4,9-10,16H,2,5-8H2,1H3;1H. The van der Waals surface area contributed by atoms with E-state index in [1.807, 2.05) is 0 Å². The average molecular weight is 399 g/mol. The first kappa shape index (κ1) is 20.1. The number of hydrogen-bond donors (Lipinski definition) is 1. The Morgan fingerprint density at radius 2 is 2.15 bits per heavy atom. The number of carbonyl (C=O) groups excluding carboxylic acids is 1. The fraction of sp³-hybridized carbons (Fsp3) is 0.400. The van der Waals surface area contributed by atoms with Crippen molar-refractivity contribution >= 4 is 35.8 Å². The highest BCUT2D eigenvalue weighted by Gasteiger charge is 2.23. The van der Waals surface area contributed by atoms with Crippen molar-refractivity contribution < 1.29 is 9.72 Å². The Balaban J connectivity index is 0.00000243. The molecule has 1 N–H and O–H groups in total. The molecule has 26 heavy (non-hydrogen) atoms. The lowest BCUT2D eigenvalue weighted by atomic mass is 10.1. The van der Waals surface area contributed by atoms with Gasteiger partial charge in [-0.2, -0.15) is 0 Å². The molecule has 1 aliphatic heterocycles. The average Bonchev–Trinajstić information content (AvgIpc) is 2.85. The number of rotatable bonds is 4. The molecule has 2 aromatic rings. The van der Waals surface area contributed by atoms with Crippen LogP contribution in [0.1, 0.15) is 16.8 Å². The largest absolute Gasteiger partial charge is 0.337 e. The third-order valence-electron chi connectivity index (χ3n) is 3.90. The minimum Gasteiger partial charge on any atom is -0.337 e. The molecular weight excluding hydrogens is 380 g/mol. The van der Waals surface area contributed by atoms with Crippen molar-refractivity contribution in [1.82, 2.24) is 25.0 Å². The monoisotopic (exact) mass is 398 g/mol. The van der Waals surface area contributed by atoms with Gasteiger partial charge < -0.3 is 14.8 Å². The summed E-state index contributed by atoms with van der Waals surface area (Å²) in [7, 11) is 1.76. The van der Waals surface area contributed by atoms with Crippen LogP contribution in [0.3, 0.4) is 0 Å². The molecule has 0 bridgehead atoms. The molecule has 0 radical (unpaired) electrons. The zero-order valence-electron chi connectivity index (χ0n) is 14.1. The summed E-state index contributed by atoms with van der Waals surface area (Å²) in [6, 6.07) is 4.58. The summed E-state index contributed by atoms with van der Waals surface area (Å²) in [6.45, 7) is 2.85. The van der Waals surface area contributed by atoms with E-state index in [4.69, 9.17) is 0 Å². The van der Waals surface area contributed by atoms with Crippen LogP contribution in [0.2, 0.25) is 0 Å². The molecule has 1 aliphatic rings. The number of halogens is 1. The highest BCUT2D eigenvalue weighted by atomic mass is 35.5. The minimum absolute atomic E-state index is 0. The van der Waals surface area contributed by atoms with Crippen molar-refractivity contribution in [1.29, 1.82) is 0 Å². The zero-order chi connectivity index (χ0) is 17.8. The van der Waals surface area contributed by atoms with Crippen molar-refractivity contribution in [2.45, 2.75) is 16.5 Å². The number of aryl methyl sites for hydroxylation is 1. The van der Waals surface area contributed by atoms with Gasteiger partial charge in [-0.1, -0.05) is 0 Å². The summed E-state index contributed by atoms with van der Waals surface area (Å²) in [4.78, 5) is 25.8. The Kier molecular flexibility index (Phi) is 6.95. The van der Waals surface area contributed by atoms with Gasteiger partial charge in [-0.3, -0.25) is 14.9 Å². The Hall–Kier alpha value is -2.17. The van der Waals surface area contributed by atoms with Gasteiger partial charge in [0.2, 0.25) is 0 Å². The Morgan fingerprint density at radius 3 is 2.85 bits per heavy atom. The lowest BCUT2D eigenvalue weighted by Gasteiger charge is -2.20. The summed E-state index contributed by atoms with van der Waals surface area (Å²) >= 11 is 1.15. The molecule has 1 aromatic carbocycles. The van der Waals surface area contributed by atoms with Crippen molar-refractivity contribution in [3.8, 4) is 0 Å². The number of nitrogens with zero attached hydrogens (tertiary/aromatic N) is 5. The molecule has 0 atom stereocenters. The van der Waals surface area contributed by atoms with Crippen molar-refractivity contribution in [2.75, 3.05) is 26.2 Å². The van der Waals surface area contributed by atoms with Crippen LogP contribution in [0, 0.1) is 10.1 Å². The maximum atomic E-state index is 12.7.